The van der Waals surface area contributed by atoms with E-state index in [2.05, 4.69) is 18.9 Å². The molecular weight excluding hydrogens is 322 g/mol. The van der Waals surface area contributed by atoms with Crippen molar-refractivity contribution in [1.82, 2.24) is 14.1 Å². The van der Waals surface area contributed by atoms with Gasteiger partial charge in [0.2, 0.25) is 10.0 Å². The Bertz CT molecular complexity index is 779. The highest BCUT2D eigenvalue weighted by molar-refractivity contribution is 7.89. The molecule has 1 heterocycles. The number of aromatic nitrogens is 2. The van der Waals surface area contributed by atoms with Crippen LogP contribution in [0.5, 0.6) is 0 Å². The molecule has 0 aliphatic carbocycles. The first kappa shape index (κ1) is 18.7. The number of aryl methyl sites for hydroxylation is 1. The van der Waals surface area contributed by atoms with Gasteiger partial charge in [-0.15, -0.1) is 0 Å². The van der Waals surface area contributed by atoms with Crippen molar-refractivity contribution in [2.24, 2.45) is 0 Å². The van der Waals surface area contributed by atoms with Crippen LogP contribution in [0.25, 0.3) is 0 Å². The van der Waals surface area contributed by atoms with E-state index in [0.717, 1.165) is 24.2 Å². The van der Waals surface area contributed by atoms with Crippen LogP contribution < -0.4 is 0 Å². The predicted octanol–water partition coefficient (Wildman–Crippen LogP) is 3.55. The third kappa shape index (κ3) is 3.70. The maximum Gasteiger partial charge on any atom is 0.243 e. The van der Waals surface area contributed by atoms with Crippen molar-refractivity contribution in [3.05, 3.63) is 47.3 Å². The van der Waals surface area contributed by atoms with Crippen molar-refractivity contribution in [3.63, 3.8) is 0 Å². The smallest absolute Gasteiger partial charge is 0.243 e. The Morgan fingerprint density at radius 2 is 1.83 bits per heavy atom. The molecule has 1 aromatic carbocycles. The van der Waals surface area contributed by atoms with E-state index in [0.29, 0.717) is 17.4 Å². The second kappa shape index (κ2) is 7.49. The summed E-state index contributed by atoms with van der Waals surface area (Å²) in [6.45, 7) is 9.35. The van der Waals surface area contributed by atoms with Gasteiger partial charge in [0.1, 0.15) is 0 Å². The Hall–Kier alpha value is -1.66. The zero-order valence-corrected chi connectivity index (χ0v) is 16.0. The van der Waals surface area contributed by atoms with Crippen molar-refractivity contribution < 1.29 is 8.42 Å². The number of hydrogen-bond donors (Lipinski definition) is 0. The molecule has 0 aliphatic heterocycles. The van der Waals surface area contributed by atoms with Crippen LogP contribution in [0.3, 0.4) is 0 Å². The van der Waals surface area contributed by atoms with Crippen molar-refractivity contribution in [3.8, 4) is 0 Å². The summed E-state index contributed by atoms with van der Waals surface area (Å²) in [7, 11) is -1.89. The summed E-state index contributed by atoms with van der Waals surface area (Å²) < 4.78 is 28.8. The van der Waals surface area contributed by atoms with Crippen LogP contribution in [0, 0.1) is 6.92 Å². The van der Waals surface area contributed by atoms with Gasteiger partial charge < -0.3 is 0 Å². The quantitative estimate of drug-likeness (QED) is 0.768. The Morgan fingerprint density at radius 1 is 1.21 bits per heavy atom. The van der Waals surface area contributed by atoms with E-state index in [1.165, 1.54) is 9.87 Å². The number of benzene rings is 1. The Balaban J connectivity index is 2.21. The molecular formula is C18H27N3O2S. The maximum absolute atomic E-state index is 12.8. The summed E-state index contributed by atoms with van der Waals surface area (Å²) in [5.41, 5.74) is 3.10. The zero-order chi connectivity index (χ0) is 17.9. The van der Waals surface area contributed by atoms with Gasteiger partial charge in [0.25, 0.3) is 0 Å². The first-order valence-corrected chi connectivity index (χ1v) is 9.82. The minimum Gasteiger partial charge on any atom is -0.270 e. The lowest BCUT2D eigenvalue weighted by atomic mass is 9.99. The molecule has 0 spiro atoms. The molecule has 0 N–H and O–H groups in total. The number of hydrogen-bond acceptors (Lipinski definition) is 3. The lowest BCUT2D eigenvalue weighted by Crippen LogP contribution is -2.26. The number of sulfonamides is 1. The van der Waals surface area contributed by atoms with Crippen molar-refractivity contribution >= 4 is 10.0 Å². The molecule has 6 heteroatoms. The van der Waals surface area contributed by atoms with Crippen LogP contribution in [-0.4, -0.2) is 29.6 Å². The Labute approximate surface area is 145 Å². The van der Waals surface area contributed by atoms with Crippen molar-refractivity contribution in [2.75, 3.05) is 7.05 Å². The lowest BCUT2D eigenvalue weighted by Gasteiger charge is -2.18. The predicted molar refractivity (Wildman–Crippen MR) is 96.4 cm³/mol. The van der Waals surface area contributed by atoms with Gasteiger partial charge in [0.05, 0.1) is 11.1 Å². The van der Waals surface area contributed by atoms with Gasteiger partial charge in [-0.2, -0.15) is 9.40 Å². The minimum absolute atomic E-state index is 0.321. The first-order chi connectivity index (χ1) is 11.3. The molecule has 132 valence electrons. The lowest BCUT2D eigenvalue weighted by molar-refractivity contribution is 0.465. The van der Waals surface area contributed by atoms with Crippen LogP contribution in [0.15, 0.2) is 35.4 Å². The molecule has 24 heavy (non-hydrogen) atoms. The van der Waals surface area contributed by atoms with Crippen LogP contribution in [-0.2, 0) is 23.1 Å². The fourth-order valence-corrected chi connectivity index (χ4v) is 3.82. The largest absolute Gasteiger partial charge is 0.270 e. The second-order valence-corrected chi connectivity index (χ2v) is 8.26. The molecule has 0 fully saturated rings. The van der Waals surface area contributed by atoms with E-state index in [4.69, 9.17) is 0 Å². The fraction of sp³-hybridized carbons (Fsp3) is 0.500. The maximum atomic E-state index is 12.8. The van der Waals surface area contributed by atoms with Crippen molar-refractivity contribution in [2.45, 2.75) is 58.0 Å². The van der Waals surface area contributed by atoms with E-state index in [1.54, 1.807) is 25.4 Å². The topological polar surface area (TPSA) is 55.2 Å². The number of nitrogens with zero attached hydrogens (tertiary/aromatic N) is 3. The molecule has 0 saturated heterocycles. The third-order valence-electron chi connectivity index (χ3n) is 4.67. The molecule has 0 radical (unpaired) electrons. The second-order valence-electron chi connectivity index (χ2n) is 6.21. The van der Waals surface area contributed by atoms with Gasteiger partial charge in [-0.3, -0.25) is 4.68 Å². The summed E-state index contributed by atoms with van der Waals surface area (Å²) >= 11 is 0. The summed E-state index contributed by atoms with van der Waals surface area (Å²) in [6.07, 6.45) is 2.78. The summed E-state index contributed by atoms with van der Waals surface area (Å²) in [4.78, 5) is 0.331. The first-order valence-electron chi connectivity index (χ1n) is 8.38. The monoisotopic (exact) mass is 349 g/mol. The molecule has 0 bridgehead atoms. The van der Waals surface area contributed by atoms with Crippen LogP contribution >= 0.6 is 0 Å². The van der Waals surface area contributed by atoms with Gasteiger partial charge in [0.15, 0.2) is 0 Å². The highest BCUT2D eigenvalue weighted by Crippen LogP contribution is 2.23. The van der Waals surface area contributed by atoms with Gasteiger partial charge in [-0.05, 0) is 43.9 Å². The highest BCUT2D eigenvalue weighted by atomic mass is 32.2. The summed E-state index contributed by atoms with van der Waals surface area (Å²) in [5, 5.41) is 4.28. The molecule has 0 aliphatic rings. The van der Waals surface area contributed by atoms with E-state index >= 15 is 0 Å². The molecule has 0 amide bonds. The van der Waals surface area contributed by atoms with E-state index < -0.39 is 10.0 Å². The van der Waals surface area contributed by atoms with Gasteiger partial charge >= 0.3 is 0 Å². The molecule has 1 aromatic heterocycles. The van der Waals surface area contributed by atoms with Crippen molar-refractivity contribution in [1.29, 1.82) is 0 Å². The van der Waals surface area contributed by atoms with Gasteiger partial charge in [-0.25, -0.2) is 8.42 Å². The fourth-order valence-electron chi connectivity index (χ4n) is 2.67. The van der Waals surface area contributed by atoms with Crippen LogP contribution in [0.2, 0.25) is 0 Å². The normalized spacial score (nSPS) is 13.4. The van der Waals surface area contributed by atoms with Gasteiger partial charge in [0, 0.05) is 31.4 Å². The molecule has 5 nitrogen and oxygen atoms in total. The standard InChI is InChI=1S/C18H27N3O2S/c1-6-14(3)16-8-10-18(11-9-16)24(22,23)20(5)13-17-12-19-21(7-2)15(17)4/h8-12,14H,6-7,13H2,1-5H3/t14-/m1/s1. The summed E-state index contributed by atoms with van der Waals surface area (Å²) in [6, 6.07) is 7.23. The highest BCUT2D eigenvalue weighted by Gasteiger charge is 2.22. The Kier molecular flexibility index (Phi) is 5.83. The van der Waals surface area contributed by atoms with E-state index in [-0.39, 0.29) is 0 Å². The van der Waals surface area contributed by atoms with E-state index in [9.17, 15) is 8.42 Å². The average molecular weight is 350 g/mol. The molecule has 2 rings (SSSR count). The molecule has 1 atom stereocenters. The van der Waals surface area contributed by atoms with Crippen LogP contribution in [0.4, 0.5) is 0 Å². The zero-order valence-electron chi connectivity index (χ0n) is 15.2. The van der Waals surface area contributed by atoms with E-state index in [1.807, 2.05) is 30.7 Å². The van der Waals surface area contributed by atoms with Gasteiger partial charge in [-0.1, -0.05) is 26.0 Å². The van der Waals surface area contributed by atoms with Crippen LogP contribution in [0.1, 0.15) is 49.9 Å². The Morgan fingerprint density at radius 3 is 2.33 bits per heavy atom. The minimum atomic E-state index is -3.50. The SMILES string of the molecule is CC[C@@H](C)c1ccc(S(=O)(=O)N(C)Cc2cnn(CC)c2C)cc1. The molecule has 0 unspecified atom stereocenters. The molecule has 0 saturated carbocycles. The average Bonchev–Trinajstić information content (AvgIpc) is 2.94. The number of rotatable bonds is 7. The third-order valence-corrected chi connectivity index (χ3v) is 6.48. The molecule has 2 aromatic rings. The summed E-state index contributed by atoms with van der Waals surface area (Å²) in [5.74, 6) is 0.432.